The molecule has 6 heteroatoms. The maximum atomic E-state index is 13.0. The SMILES string of the molecule is O=C(NCCc1ccccc1)C(=O)N1CCN(c2ccc(F)cc2)CC1. The Labute approximate surface area is 152 Å². The summed E-state index contributed by atoms with van der Waals surface area (Å²) in [6.07, 6.45) is 0.693. The van der Waals surface area contributed by atoms with Gasteiger partial charge in [0, 0.05) is 38.4 Å². The summed E-state index contributed by atoms with van der Waals surface area (Å²) in [6.45, 7) is 2.62. The van der Waals surface area contributed by atoms with Crippen LogP contribution in [0.2, 0.25) is 0 Å². The average Bonchev–Trinajstić information content (AvgIpc) is 2.69. The van der Waals surface area contributed by atoms with Crippen molar-refractivity contribution in [2.45, 2.75) is 6.42 Å². The van der Waals surface area contributed by atoms with Crippen molar-refractivity contribution in [3.63, 3.8) is 0 Å². The molecule has 1 fully saturated rings. The summed E-state index contributed by atoms with van der Waals surface area (Å²) in [5.74, 6) is -1.32. The van der Waals surface area contributed by atoms with E-state index in [2.05, 4.69) is 10.2 Å². The number of halogens is 1. The second-order valence-corrected chi connectivity index (χ2v) is 6.25. The normalized spacial score (nSPS) is 14.2. The third kappa shape index (κ3) is 4.59. The van der Waals surface area contributed by atoms with Crippen molar-refractivity contribution in [3.05, 3.63) is 66.0 Å². The van der Waals surface area contributed by atoms with Crippen LogP contribution in [0.25, 0.3) is 0 Å². The fourth-order valence-electron chi connectivity index (χ4n) is 3.00. The molecule has 0 saturated carbocycles. The third-order valence-corrected chi connectivity index (χ3v) is 4.49. The molecule has 0 atom stereocenters. The number of carbonyl (C=O) groups excluding carboxylic acids is 2. The van der Waals surface area contributed by atoms with Crippen LogP contribution in [-0.4, -0.2) is 49.4 Å². The van der Waals surface area contributed by atoms with E-state index in [1.54, 1.807) is 17.0 Å². The number of amides is 2. The summed E-state index contributed by atoms with van der Waals surface area (Å²) in [6, 6.07) is 16.1. The Morgan fingerprint density at radius 1 is 0.923 bits per heavy atom. The molecule has 0 bridgehead atoms. The van der Waals surface area contributed by atoms with E-state index in [4.69, 9.17) is 0 Å². The van der Waals surface area contributed by atoms with Crippen molar-refractivity contribution < 1.29 is 14.0 Å². The molecule has 1 heterocycles. The predicted octanol–water partition coefficient (Wildman–Crippen LogP) is 1.83. The minimum atomic E-state index is -0.559. The molecular formula is C20H22FN3O2. The molecule has 136 valence electrons. The van der Waals surface area contributed by atoms with E-state index < -0.39 is 11.8 Å². The topological polar surface area (TPSA) is 52.7 Å². The van der Waals surface area contributed by atoms with Crippen LogP contribution in [0.5, 0.6) is 0 Å². The van der Waals surface area contributed by atoms with Gasteiger partial charge in [0.05, 0.1) is 0 Å². The molecular weight excluding hydrogens is 333 g/mol. The fourth-order valence-corrected chi connectivity index (χ4v) is 3.00. The van der Waals surface area contributed by atoms with E-state index in [1.165, 1.54) is 12.1 Å². The van der Waals surface area contributed by atoms with Crippen molar-refractivity contribution in [3.8, 4) is 0 Å². The maximum Gasteiger partial charge on any atom is 0.312 e. The Balaban J connectivity index is 1.44. The molecule has 0 radical (unpaired) electrons. The summed E-state index contributed by atoms with van der Waals surface area (Å²) in [5, 5.41) is 2.69. The highest BCUT2D eigenvalue weighted by atomic mass is 19.1. The van der Waals surface area contributed by atoms with E-state index in [1.807, 2.05) is 30.3 Å². The minimum absolute atomic E-state index is 0.269. The van der Waals surface area contributed by atoms with Crippen LogP contribution in [0.1, 0.15) is 5.56 Å². The molecule has 0 aliphatic carbocycles. The molecule has 0 unspecified atom stereocenters. The van der Waals surface area contributed by atoms with Gasteiger partial charge in [0.15, 0.2) is 0 Å². The predicted molar refractivity (Wildman–Crippen MR) is 98.3 cm³/mol. The largest absolute Gasteiger partial charge is 0.368 e. The van der Waals surface area contributed by atoms with Crippen LogP contribution in [0, 0.1) is 5.82 Å². The molecule has 0 spiro atoms. The van der Waals surface area contributed by atoms with Crippen molar-refractivity contribution in [2.24, 2.45) is 0 Å². The Kier molecular flexibility index (Phi) is 5.84. The number of piperazine rings is 1. The van der Waals surface area contributed by atoms with Crippen LogP contribution in [0.4, 0.5) is 10.1 Å². The number of hydrogen-bond acceptors (Lipinski definition) is 3. The van der Waals surface area contributed by atoms with Crippen LogP contribution in [0.15, 0.2) is 54.6 Å². The van der Waals surface area contributed by atoms with Gasteiger partial charge in [-0.05, 0) is 36.2 Å². The lowest BCUT2D eigenvalue weighted by Crippen LogP contribution is -2.52. The summed E-state index contributed by atoms with van der Waals surface area (Å²) in [4.78, 5) is 28.0. The van der Waals surface area contributed by atoms with Crippen molar-refractivity contribution >= 4 is 17.5 Å². The maximum absolute atomic E-state index is 13.0. The van der Waals surface area contributed by atoms with Gasteiger partial charge in [0.25, 0.3) is 0 Å². The van der Waals surface area contributed by atoms with Crippen LogP contribution >= 0.6 is 0 Å². The fraction of sp³-hybridized carbons (Fsp3) is 0.300. The van der Waals surface area contributed by atoms with Gasteiger partial charge < -0.3 is 15.1 Å². The Hall–Kier alpha value is -2.89. The van der Waals surface area contributed by atoms with Gasteiger partial charge in [-0.1, -0.05) is 30.3 Å². The first-order valence-corrected chi connectivity index (χ1v) is 8.75. The highest BCUT2D eigenvalue weighted by molar-refractivity contribution is 6.35. The molecule has 1 aliphatic rings. The molecule has 1 aliphatic heterocycles. The number of anilines is 1. The van der Waals surface area contributed by atoms with Crippen molar-refractivity contribution in [2.75, 3.05) is 37.6 Å². The van der Waals surface area contributed by atoms with Gasteiger partial charge in [-0.3, -0.25) is 9.59 Å². The van der Waals surface area contributed by atoms with Gasteiger partial charge in [0.2, 0.25) is 0 Å². The van der Waals surface area contributed by atoms with E-state index in [-0.39, 0.29) is 5.82 Å². The van der Waals surface area contributed by atoms with Gasteiger partial charge in [0.1, 0.15) is 5.82 Å². The first-order valence-electron chi connectivity index (χ1n) is 8.75. The van der Waals surface area contributed by atoms with Gasteiger partial charge >= 0.3 is 11.8 Å². The highest BCUT2D eigenvalue weighted by Gasteiger charge is 2.25. The lowest BCUT2D eigenvalue weighted by molar-refractivity contribution is -0.146. The molecule has 5 nitrogen and oxygen atoms in total. The smallest absolute Gasteiger partial charge is 0.312 e. The number of carbonyl (C=O) groups is 2. The second kappa shape index (κ2) is 8.47. The number of benzene rings is 2. The first kappa shape index (κ1) is 17.9. The second-order valence-electron chi connectivity index (χ2n) is 6.25. The molecule has 26 heavy (non-hydrogen) atoms. The number of nitrogens with zero attached hydrogens (tertiary/aromatic N) is 2. The highest BCUT2D eigenvalue weighted by Crippen LogP contribution is 2.16. The molecule has 1 saturated heterocycles. The number of rotatable bonds is 4. The lowest BCUT2D eigenvalue weighted by atomic mass is 10.1. The first-order chi connectivity index (χ1) is 12.6. The summed E-state index contributed by atoms with van der Waals surface area (Å²) in [7, 11) is 0. The van der Waals surface area contributed by atoms with Crippen LogP contribution in [-0.2, 0) is 16.0 Å². The zero-order valence-electron chi connectivity index (χ0n) is 14.5. The van der Waals surface area contributed by atoms with Crippen LogP contribution < -0.4 is 10.2 Å². The van der Waals surface area contributed by atoms with E-state index in [0.717, 1.165) is 11.3 Å². The zero-order chi connectivity index (χ0) is 18.4. The van der Waals surface area contributed by atoms with Crippen molar-refractivity contribution in [1.82, 2.24) is 10.2 Å². The number of hydrogen-bond donors (Lipinski definition) is 1. The molecule has 1 N–H and O–H groups in total. The quantitative estimate of drug-likeness (QED) is 0.852. The number of nitrogens with one attached hydrogen (secondary N) is 1. The van der Waals surface area contributed by atoms with E-state index in [0.29, 0.717) is 39.1 Å². The lowest BCUT2D eigenvalue weighted by Gasteiger charge is -2.35. The van der Waals surface area contributed by atoms with Gasteiger partial charge in [-0.2, -0.15) is 0 Å². The molecule has 2 amide bonds. The average molecular weight is 355 g/mol. The molecule has 3 rings (SSSR count). The summed E-state index contributed by atoms with van der Waals surface area (Å²) < 4.78 is 13.0. The molecule has 2 aromatic rings. The molecule has 2 aromatic carbocycles. The van der Waals surface area contributed by atoms with Gasteiger partial charge in [-0.15, -0.1) is 0 Å². The summed E-state index contributed by atoms with van der Waals surface area (Å²) >= 11 is 0. The Morgan fingerprint density at radius 2 is 1.58 bits per heavy atom. The Bertz CT molecular complexity index is 741. The van der Waals surface area contributed by atoms with Crippen molar-refractivity contribution in [1.29, 1.82) is 0 Å². The van der Waals surface area contributed by atoms with E-state index in [9.17, 15) is 14.0 Å². The third-order valence-electron chi connectivity index (χ3n) is 4.49. The monoisotopic (exact) mass is 355 g/mol. The minimum Gasteiger partial charge on any atom is -0.368 e. The van der Waals surface area contributed by atoms with Gasteiger partial charge in [-0.25, -0.2) is 4.39 Å². The van der Waals surface area contributed by atoms with E-state index >= 15 is 0 Å². The summed E-state index contributed by atoms with van der Waals surface area (Å²) in [5.41, 5.74) is 2.04. The van der Waals surface area contributed by atoms with Crippen LogP contribution in [0.3, 0.4) is 0 Å². The Morgan fingerprint density at radius 3 is 2.23 bits per heavy atom. The standard InChI is InChI=1S/C20H22FN3O2/c21-17-6-8-18(9-7-17)23-12-14-24(15-13-23)20(26)19(25)22-11-10-16-4-2-1-3-5-16/h1-9H,10-15H2,(H,22,25). The molecule has 0 aromatic heterocycles. The zero-order valence-corrected chi connectivity index (χ0v) is 14.5.